The molecule has 2 aromatic heterocycles. The zero-order valence-corrected chi connectivity index (χ0v) is 9.43. The third kappa shape index (κ3) is 2.39. The molecule has 0 aliphatic carbocycles. The third-order valence-electron chi connectivity index (χ3n) is 2.47. The SMILES string of the molecule is CCCc1nccn1Cc1ccnc(N)c1. The van der Waals surface area contributed by atoms with Crippen molar-refractivity contribution in [3.8, 4) is 0 Å². The highest BCUT2D eigenvalue weighted by Gasteiger charge is 2.02. The van der Waals surface area contributed by atoms with Crippen LogP contribution >= 0.6 is 0 Å². The van der Waals surface area contributed by atoms with E-state index in [1.165, 1.54) is 0 Å². The van der Waals surface area contributed by atoms with Crippen LogP contribution in [-0.4, -0.2) is 14.5 Å². The van der Waals surface area contributed by atoms with Crippen molar-refractivity contribution in [2.75, 3.05) is 5.73 Å². The minimum atomic E-state index is 0.564. The molecular formula is C12H16N4. The van der Waals surface area contributed by atoms with Gasteiger partial charge in [0, 0.05) is 31.6 Å². The second-order valence-corrected chi connectivity index (χ2v) is 3.81. The highest BCUT2D eigenvalue weighted by molar-refractivity contribution is 5.31. The van der Waals surface area contributed by atoms with Gasteiger partial charge in [-0.15, -0.1) is 0 Å². The molecule has 0 radical (unpaired) electrons. The van der Waals surface area contributed by atoms with E-state index in [2.05, 4.69) is 21.5 Å². The monoisotopic (exact) mass is 216 g/mol. The molecule has 0 spiro atoms. The molecule has 0 saturated heterocycles. The molecule has 0 aliphatic heterocycles. The lowest BCUT2D eigenvalue weighted by Gasteiger charge is -2.07. The van der Waals surface area contributed by atoms with Gasteiger partial charge in [0.25, 0.3) is 0 Å². The fourth-order valence-electron chi connectivity index (χ4n) is 1.73. The van der Waals surface area contributed by atoms with Crippen LogP contribution in [0.15, 0.2) is 30.7 Å². The van der Waals surface area contributed by atoms with E-state index in [9.17, 15) is 0 Å². The Hall–Kier alpha value is -1.84. The summed E-state index contributed by atoms with van der Waals surface area (Å²) in [6.07, 6.45) is 7.70. The van der Waals surface area contributed by atoms with Crippen LogP contribution in [0.25, 0.3) is 0 Å². The Balaban J connectivity index is 2.17. The average molecular weight is 216 g/mol. The Kier molecular flexibility index (Phi) is 3.19. The molecule has 84 valence electrons. The molecular weight excluding hydrogens is 200 g/mol. The summed E-state index contributed by atoms with van der Waals surface area (Å²) >= 11 is 0. The fourth-order valence-corrected chi connectivity index (χ4v) is 1.73. The maximum absolute atomic E-state index is 5.65. The minimum absolute atomic E-state index is 0.564. The maximum Gasteiger partial charge on any atom is 0.123 e. The number of imidazole rings is 1. The number of nitrogens with two attached hydrogens (primary N) is 1. The molecule has 16 heavy (non-hydrogen) atoms. The zero-order valence-electron chi connectivity index (χ0n) is 9.43. The Morgan fingerprint density at radius 2 is 2.19 bits per heavy atom. The molecule has 2 N–H and O–H groups in total. The summed E-state index contributed by atoms with van der Waals surface area (Å²) in [6.45, 7) is 2.96. The summed E-state index contributed by atoms with van der Waals surface area (Å²) in [4.78, 5) is 8.32. The quantitative estimate of drug-likeness (QED) is 0.848. The fraction of sp³-hybridized carbons (Fsp3) is 0.333. The van der Waals surface area contributed by atoms with Gasteiger partial charge in [-0.25, -0.2) is 9.97 Å². The molecule has 0 fully saturated rings. The van der Waals surface area contributed by atoms with Crippen LogP contribution in [0.3, 0.4) is 0 Å². The van der Waals surface area contributed by atoms with E-state index in [4.69, 9.17) is 5.73 Å². The summed E-state index contributed by atoms with van der Waals surface area (Å²) in [6, 6.07) is 3.88. The van der Waals surface area contributed by atoms with Gasteiger partial charge in [0.05, 0.1) is 0 Å². The normalized spacial score (nSPS) is 10.6. The lowest BCUT2D eigenvalue weighted by atomic mass is 10.2. The smallest absolute Gasteiger partial charge is 0.123 e. The molecule has 4 heteroatoms. The predicted octanol–water partition coefficient (Wildman–Crippen LogP) is 1.86. The van der Waals surface area contributed by atoms with Crippen LogP contribution in [0.4, 0.5) is 5.82 Å². The van der Waals surface area contributed by atoms with Crippen molar-refractivity contribution in [1.29, 1.82) is 0 Å². The van der Waals surface area contributed by atoms with Crippen molar-refractivity contribution in [3.63, 3.8) is 0 Å². The van der Waals surface area contributed by atoms with E-state index < -0.39 is 0 Å². The first-order valence-electron chi connectivity index (χ1n) is 5.50. The maximum atomic E-state index is 5.65. The van der Waals surface area contributed by atoms with E-state index in [-0.39, 0.29) is 0 Å². The number of pyridine rings is 1. The second kappa shape index (κ2) is 4.79. The van der Waals surface area contributed by atoms with Crippen LogP contribution in [0.5, 0.6) is 0 Å². The summed E-state index contributed by atoms with van der Waals surface area (Å²) in [5.41, 5.74) is 6.80. The first-order chi connectivity index (χ1) is 7.79. The van der Waals surface area contributed by atoms with Gasteiger partial charge in [-0.2, -0.15) is 0 Å². The van der Waals surface area contributed by atoms with E-state index in [1.54, 1.807) is 6.20 Å². The molecule has 4 nitrogen and oxygen atoms in total. The topological polar surface area (TPSA) is 56.7 Å². The van der Waals surface area contributed by atoms with Crippen LogP contribution in [-0.2, 0) is 13.0 Å². The Labute approximate surface area is 95.1 Å². The standard InChI is InChI=1S/C12H16N4/c1-2-3-12-15-6-7-16(12)9-10-4-5-14-11(13)8-10/h4-8H,2-3,9H2,1H3,(H2,13,14). The van der Waals surface area contributed by atoms with Gasteiger partial charge in [0.2, 0.25) is 0 Å². The molecule has 0 aromatic carbocycles. The first-order valence-corrected chi connectivity index (χ1v) is 5.50. The molecule has 0 amide bonds. The molecule has 0 bridgehead atoms. The second-order valence-electron chi connectivity index (χ2n) is 3.81. The van der Waals surface area contributed by atoms with Crippen LogP contribution in [0.1, 0.15) is 24.7 Å². The molecule has 2 aromatic rings. The van der Waals surface area contributed by atoms with E-state index in [0.717, 1.165) is 30.8 Å². The van der Waals surface area contributed by atoms with Gasteiger partial charge in [-0.1, -0.05) is 6.92 Å². The van der Waals surface area contributed by atoms with Crippen molar-refractivity contribution < 1.29 is 0 Å². The Bertz CT molecular complexity index is 462. The van der Waals surface area contributed by atoms with E-state index in [0.29, 0.717) is 5.82 Å². The lowest BCUT2D eigenvalue weighted by Crippen LogP contribution is -2.04. The van der Waals surface area contributed by atoms with Gasteiger partial charge in [0.1, 0.15) is 11.6 Å². The highest BCUT2D eigenvalue weighted by Crippen LogP contribution is 2.08. The van der Waals surface area contributed by atoms with Gasteiger partial charge in [0.15, 0.2) is 0 Å². The number of hydrogen-bond acceptors (Lipinski definition) is 3. The van der Waals surface area contributed by atoms with Crippen molar-refractivity contribution >= 4 is 5.82 Å². The summed E-state index contributed by atoms with van der Waals surface area (Å²) in [5, 5.41) is 0. The average Bonchev–Trinajstić information content (AvgIpc) is 2.66. The number of nitrogens with zero attached hydrogens (tertiary/aromatic N) is 3. The third-order valence-corrected chi connectivity index (χ3v) is 2.47. The van der Waals surface area contributed by atoms with Gasteiger partial charge < -0.3 is 10.3 Å². The zero-order chi connectivity index (χ0) is 11.4. The number of anilines is 1. The molecule has 2 heterocycles. The summed E-state index contributed by atoms with van der Waals surface area (Å²) < 4.78 is 2.15. The van der Waals surface area contributed by atoms with E-state index >= 15 is 0 Å². The molecule has 0 saturated carbocycles. The van der Waals surface area contributed by atoms with Crippen molar-refractivity contribution in [3.05, 3.63) is 42.1 Å². The van der Waals surface area contributed by atoms with Crippen molar-refractivity contribution in [2.45, 2.75) is 26.3 Å². The largest absolute Gasteiger partial charge is 0.384 e. The predicted molar refractivity (Wildman–Crippen MR) is 64.0 cm³/mol. The van der Waals surface area contributed by atoms with Crippen LogP contribution < -0.4 is 5.73 Å². The summed E-state index contributed by atoms with van der Waals surface area (Å²) in [5.74, 6) is 1.69. The highest BCUT2D eigenvalue weighted by atomic mass is 15.1. The van der Waals surface area contributed by atoms with Crippen molar-refractivity contribution in [1.82, 2.24) is 14.5 Å². The minimum Gasteiger partial charge on any atom is -0.384 e. The molecule has 2 rings (SSSR count). The summed E-state index contributed by atoms with van der Waals surface area (Å²) in [7, 11) is 0. The first kappa shape index (κ1) is 10.7. The number of rotatable bonds is 4. The van der Waals surface area contributed by atoms with Gasteiger partial charge >= 0.3 is 0 Å². The molecule has 0 unspecified atom stereocenters. The van der Waals surface area contributed by atoms with Gasteiger partial charge in [-0.3, -0.25) is 0 Å². The van der Waals surface area contributed by atoms with Crippen LogP contribution in [0, 0.1) is 0 Å². The molecule has 0 atom stereocenters. The van der Waals surface area contributed by atoms with E-state index in [1.807, 2.05) is 24.5 Å². The number of hydrogen-bond donors (Lipinski definition) is 1. The van der Waals surface area contributed by atoms with Crippen molar-refractivity contribution in [2.24, 2.45) is 0 Å². The Morgan fingerprint density at radius 3 is 2.94 bits per heavy atom. The lowest BCUT2D eigenvalue weighted by molar-refractivity contribution is 0.705. The number of nitrogen functional groups attached to an aromatic ring is 1. The van der Waals surface area contributed by atoms with Gasteiger partial charge in [-0.05, 0) is 24.1 Å². The number of aryl methyl sites for hydroxylation is 1. The Morgan fingerprint density at radius 1 is 1.31 bits per heavy atom. The van der Waals surface area contributed by atoms with Crippen LogP contribution in [0.2, 0.25) is 0 Å². The molecule has 0 aliphatic rings. The number of aromatic nitrogens is 3.